The summed E-state index contributed by atoms with van der Waals surface area (Å²) in [6.45, 7) is 8.77. The molecule has 7 rings (SSSR count). The molecule has 5 fully saturated rings. The summed E-state index contributed by atoms with van der Waals surface area (Å²) in [4.78, 5) is 82.2. The van der Waals surface area contributed by atoms with Crippen LogP contribution in [0.2, 0.25) is 0 Å². The molecule has 2 aromatic carbocycles. The van der Waals surface area contributed by atoms with Crippen LogP contribution in [0, 0.1) is 35.0 Å². The van der Waals surface area contributed by atoms with Gasteiger partial charge in [-0.05, 0) is 56.9 Å². The van der Waals surface area contributed by atoms with Crippen LogP contribution in [0.4, 0.5) is 0 Å². The summed E-state index contributed by atoms with van der Waals surface area (Å²) >= 11 is 0. The maximum atomic E-state index is 15.6. The number of ketones is 1. The topological polar surface area (TPSA) is 178 Å². The summed E-state index contributed by atoms with van der Waals surface area (Å²) in [5, 5.41) is 13.3. The summed E-state index contributed by atoms with van der Waals surface area (Å²) in [6, 6.07) is 16.3. The minimum Gasteiger partial charge on any atom is -0.462 e. The quantitative estimate of drug-likeness (QED) is 0.303. The van der Waals surface area contributed by atoms with E-state index in [1.807, 2.05) is 0 Å². The van der Waals surface area contributed by atoms with Crippen LogP contribution in [0.1, 0.15) is 81.5 Å². The largest absolute Gasteiger partial charge is 0.462 e. The molecule has 13 nitrogen and oxygen atoms in total. The molecule has 1 heterocycles. The van der Waals surface area contributed by atoms with Crippen molar-refractivity contribution in [2.75, 3.05) is 6.61 Å². The van der Waals surface area contributed by atoms with E-state index in [-0.39, 0.29) is 30.4 Å². The summed E-state index contributed by atoms with van der Waals surface area (Å²) in [5.74, 6) is -8.59. The number of benzene rings is 2. The van der Waals surface area contributed by atoms with Gasteiger partial charge in [-0.2, -0.15) is 0 Å². The second kappa shape index (κ2) is 13.3. The van der Waals surface area contributed by atoms with Crippen molar-refractivity contribution in [1.29, 1.82) is 0 Å². The number of hydrogen-bond acceptors (Lipinski definition) is 13. The predicted octanol–water partition coefficient (Wildman–Crippen LogP) is 4.02. The van der Waals surface area contributed by atoms with Crippen LogP contribution in [0.25, 0.3) is 0 Å². The molecule has 1 saturated heterocycles. The number of carbonyl (C=O) groups excluding carboxylic acids is 6. The van der Waals surface area contributed by atoms with Crippen molar-refractivity contribution in [1.82, 2.24) is 0 Å². The van der Waals surface area contributed by atoms with Crippen LogP contribution in [0.3, 0.4) is 0 Å². The van der Waals surface area contributed by atoms with Crippen molar-refractivity contribution in [3.8, 4) is 0 Å². The molecular formula is C41H46O13. The van der Waals surface area contributed by atoms with Gasteiger partial charge in [-0.25, -0.2) is 9.59 Å². The van der Waals surface area contributed by atoms with Gasteiger partial charge < -0.3 is 33.5 Å². The Labute approximate surface area is 312 Å². The van der Waals surface area contributed by atoms with E-state index in [1.165, 1.54) is 6.92 Å². The van der Waals surface area contributed by atoms with Crippen molar-refractivity contribution >= 4 is 35.6 Å². The highest BCUT2D eigenvalue weighted by Crippen LogP contribution is 2.72. The van der Waals surface area contributed by atoms with Crippen molar-refractivity contribution < 1.29 is 62.3 Å². The van der Waals surface area contributed by atoms with Crippen molar-refractivity contribution in [3.05, 3.63) is 71.8 Å². The Bertz CT molecular complexity index is 1860. The normalized spacial score (nSPS) is 40.1. The molecule has 13 atom stereocenters. The SMILES string of the molecule is CCC(=O)O[C@@H]1[C@@H]2[C@@H](OC(C)=O)[C@@]34CO[C@@](C)([C@H](OC(=O)c5ccccc5)[C@@]2(O)C[C@@H]1C)[C@@H]3[C@@H]1[C@@H](C[C@]1(C)OC(C)=O)[C@@H](OC(=O)c1ccccc1)C4=O. The minimum absolute atomic E-state index is 0.00540. The number of aliphatic hydroxyl groups is 1. The third-order valence-electron chi connectivity index (χ3n) is 12.7. The van der Waals surface area contributed by atoms with Gasteiger partial charge in [-0.15, -0.1) is 0 Å². The van der Waals surface area contributed by atoms with E-state index in [2.05, 4.69) is 0 Å². The first-order chi connectivity index (χ1) is 25.5. The Hall–Kier alpha value is -4.62. The van der Waals surface area contributed by atoms with Gasteiger partial charge in [0.1, 0.15) is 29.0 Å². The summed E-state index contributed by atoms with van der Waals surface area (Å²) < 4.78 is 37.4. The van der Waals surface area contributed by atoms with E-state index >= 15 is 4.79 Å². The molecule has 1 N–H and O–H groups in total. The second-order valence-corrected chi connectivity index (χ2v) is 16.0. The fraction of sp³-hybridized carbons (Fsp3) is 0.561. The number of carbonyl (C=O) groups is 6. The fourth-order valence-electron chi connectivity index (χ4n) is 10.9. The van der Waals surface area contributed by atoms with Gasteiger partial charge in [0.2, 0.25) is 0 Å². The van der Waals surface area contributed by atoms with E-state index in [0.717, 1.165) is 6.92 Å². The lowest BCUT2D eigenvalue weighted by molar-refractivity contribution is -0.255. The molecule has 288 valence electrons. The number of Topliss-reactive ketones (excluding diaryl/α,β-unsaturated/α-hetero) is 1. The molecule has 0 unspecified atom stereocenters. The number of rotatable bonds is 8. The monoisotopic (exact) mass is 746 g/mol. The lowest BCUT2D eigenvalue weighted by Crippen LogP contribution is -2.75. The van der Waals surface area contributed by atoms with E-state index in [1.54, 1.807) is 88.4 Å². The molecule has 2 aromatic rings. The molecule has 0 radical (unpaired) electrons. The Kier molecular flexibility index (Phi) is 9.28. The molecule has 5 aliphatic rings. The Morgan fingerprint density at radius 3 is 1.96 bits per heavy atom. The first kappa shape index (κ1) is 37.7. The zero-order valence-electron chi connectivity index (χ0n) is 31.1. The number of ether oxygens (including phenoxy) is 6. The maximum Gasteiger partial charge on any atom is 0.338 e. The van der Waals surface area contributed by atoms with Crippen LogP contribution in [-0.2, 0) is 47.6 Å². The Morgan fingerprint density at radius 2 is 1.41 bits per heavy atom. The number of hydrogen-bond donors (Lipinski definition) is 1. The van der Waals surface area contributed by atoms with Gasteiger partial charge in [-0.3, -0.25) is 19.2 Å². The zero-order valence-corrected chi connectivity index (χ0v) is 31.1. The van der Waals surface area contributed by atoms with Gasteiger partial charge in [-0.1, -0.05) is 50.2 Å². The zero-order chi connectivity index (χ0) is 39.0. The first-order valence-electron chi connectivity index (χ1n) is 18.5. The molecule has 54 heavy (non-hydrogen) atoms. The van der Waals surface area contributed by atoms with Crippen LogP contribution in [0.15, 0.2) is 60.7 Å². The molecule has 2 bridgehead atoms. The minimum atomic E-state index is -2.10. The molecule has 4 saturated carbocycles. The highest BCUT2D eigenvalue weighted by atomic mass is 16.6. The molecule has 0 aromatic heterocycles. The average Bonchev–Trinajstić information content (AvgIpc) is 3.55. The predicted molar refractivity (Wildman–Crippen MR) is 186 cm³/mol. The van der Waals surface area contributed by atoms with Crippen LogP contribution >= 0.6 is 0 Å². The fourth-order valence-corrected chi connectivity index (χ4v) is 10.9. The molecule has 0 spiro atoms. The van der Waals surface area contributed by atoms with Crippen LogP contribution < -0.4 is 0 Å². The molecule has 4 aliphatic carbocycles. The van der Waals surface area contributed by atoms with Crippen LogP contribution in [0.5, 0.6) is 0 Å². The summed E-state index contributed by atoms with van der Waals surface area (Å²) in [6.07, 6.45) is -5.57. The van der Waals surface area contributed by atoms with Crippen LogP contribution in [-0.4, -0.2) is 88.6 Å². The van der Waals surface area contributed by atoms with Crippen molar-refractivity contribution in [3.63, 3.8) is 0 Å². The van der Waals surface area contributed by atoms with E-state index in [9.17, 15) is 29.1 Å². The maximum absolute atomic E-state index is 15.6. The van der Waals surface area contributed by atoms with Gasteiger partial charge in [0, 0.05) is 38.0 Å². The lowest BCUT2D eigenvalue weighted by Gasteiger charge is -2.64. The highest BCUT2D eigenvalue weighted by Gasteiger charge is 2.86. The first-order valence-corrected chi connectivity index (χ1v) is 18.5. The van der Waals surface area contributed by atoms with Gasteiger partial charge >= 0.3 is 29.8 Å². The van der Waals surface area contributed by atoms with Crippen molar-refractivity contribution in [2.24, 2.45) is 35.0 Å². The molecule has 0 amide bonds. The van der Waals surface area contributed by atoms with Gasteiger partial charge in [0.15, 0.2) is 18.0 Å². The average molecular weight is 747 g/mol. The third-order valence-corrected chi connectivity index (χ3v) is 12.7. The van der Waals surface area contributed by atoms with Gasteiger partial charge in [0.25, 0.3) is 0 Å². The Balaban J connectivity index is 1.47. The molecule has 1 aliphatic heterocycles. The molecular weight excluding hydrogens is 700 g/mol. The van der Waals surface area contributed by atoms with E-state index in [0.29, 0.717) is 0 Å². The summed E-state index contributed by atoms with van der Waals surface area (Å²) in [5.41, 5.74) is -6.53. The third kappa shape index (κ3) is 5.56. The van der Waals surface area contributed by atoms with E-state index in [4.69, 9.17) is 28.4 Å². The van der Waals surface area contributed by atoms with Crippen molar-refractivity contribution in [2.45, 2.75) is 102 Å². The number of esters is 5. The lowest BCUT2D eigenvalue weighted by atomic mass is 9.42. The number of fused-ring (bicyclic) bond motifs is 2. The smallest absolute Gasteiger partial charge is 0.338 e. The summed E-state index contributed by atoms with van der Waals surface area (Å²) in [7, 11) is 0. The highest BCUT2D eigenvalue weighted by molar-refractivity contribution is 5.97. The standard InChI is InChI=1S/C41H46O13/c1-7-27(44)51-30-21(2)18-41(48)29(30)34(50-22(3)42)40-20-49-39(6,37(41)53-36(47)25-16-12-9-13-17-25)32(40)28-26(19-38(28,5)54-23(4)43)31(33(40)45)52-35(46)24-14-10-8-11-15-24/h8-17,21,26,28-32,34,37,48H,7,18-20H2,1-6H3/t21-,26+,28-,29+,30-,31+,32-,34+,37-,38-,39+,40-,41+/m0/s1. The van der Waals surface area contributed by atoms with E-state index < -0.39 is 118 Å². The Morgan fingerprint density at radius 1 is 0.815 bits per heavy atom. The van der Waals surface area contributed by atoms with Gasteiger partial charge in [0.05, 0.1) is 29.1 Å². The molecule has 13 heteroatoms. The second-order valence-electron chi connectivity index (χ2n) is 16.0.